The number of hydrogen-bond acceptors (Lipinski definition) is 2. The number of aromatic amines is 1. The molecule has 0 bridgehead atoms. The van der Waals surface area contributed by atoms with Crippen molar-refractivity contribution in [3.05, 3.63) is 95.6 Å². The first-order valence-electron chi connectivity index (χ1n) is 10.3. The van der Waals surface area contributed by atoms with Crippen LogP contribution in [0.3, 0.4) is 0 Å². The summed E-state index contributed by atoms with van der Waals surface area (Å²) < 4.78 is 0. The number of aromatic hydroxyl groups is 1. The maximum atomic E-state index is 13.1. The molecule has 4 nitrogen and oxygen atoms in total. The Morgan fingerprint density at radius 1 is 0.839 bits per heavy atom. The van der Waals surface area contributed by atoms with Gasteiger partial charge in [0.2, 0.25) is 0 Å². The third-order valence-electron chi connectivity index (χ3n) is 6.31. The number of anilines is 1. The van der Waals surface area contributed by atoms with Gasteiger partial charge in [0, 0.05) is 33.6 Å². The number of benzene rings is 4. The van der Waals surface area contributed by atoms with Crippen LogP contribution in [0.5, 0.6) is 5.75 Å². The Morgan fingerprint density at radius 2 is 1.61 bits per heavy atom. The van der Waals surface area contributed by atoms with E-state index in [1.165, 1.54) is 0 Å². The molecule has 6 rings (SSSR count). The summed E-state index contributed by atoms with van der Waals surface area (Å²) in [5.41, 5.74) is 7.99. The standard InChI is InChI=1S/C27H20N2O2/c1-16-19(8-5-11-25(16)29-15-17-6-2-3-7-20(17)27(29)31)21-9-4-10-23-26(21)22-13-12-18(30)14-24(22)28-23/h2-14,28,30H,15H2,1H3. The summed E-state index contributed by atoms with van der Waals surface area (Å²) >= 11 is 0. The lowest BCUT2D eigenvalue weighted by atomic mass is 9.94. The number of carbonyl (C=O) groups excluding carboxylic acids is 1. The number of phenols is 1. The van der Waals surface area contributed by atoms with Gasteiger partial charge in [-0.3, -0.25) is 4.79 Å². The highest BCUT2D eigenvalue weighted by molar-refractivity contribution is 6.15. The second kappa shape index (κ2) is 6.47. The highest BCUT2D eigenvalue weighted by Gasteiger charge is 2.29. The number of nitrogens with one attached hydrogen (secondary N) is 1. The summed E-state index contributed by atoms with van der Waals surface area (Å²) in [5, 5.41) is 12.1. The van der Waals surface area contributed by atoms with Crippen molar-refractivity contribution in [1.29, 1.82) is 0 Å². The number of carbonyl (C=O) groups is 1. The summed E-state index contributed by atoms with van der Waals surface area (Å²) in [4.78, 5) is 18.4. The van der Waals surface area contributed by atoms with E-state index in [2.05, 4.69) is 30.1 Å². The predicted molar refractivity (Wildman–Crippen MR) is 125 cm³/mol. The van der Waals surface area contributed by atoms with Crippen LogP contribution in [0.15, 0.2) is 78.9 Å². The molecule has 0 saturated carbocycles. The molecule has 1 aromatic heterocycles. The van der Waals surface area contributed by atoms with Gasteiger partial charge in [-0.1, -0.05) is 42.5 Å². The maximum Gasteiger partial charge on any atom is 0.258 e. The van der Waals surface area contributed by atoms with E-state index in [0.717, 1.165) is 55.3 Å². The van der Waals surface area contributed by atoms with E-state index in [1.54, 1.807) is 12.1 Å². The molecule has 4 heteroatoms. The number of phenolic OH excluding ortho intramolecular Hbond substituents is 1. The highest BCUT2D eigenvalue weighted by Crippen LogP contribution is 2.40. The molecule has 1 amide bonds. The zero-order valence-corrected chi connectivity index (χ0v) is 17.0. The number of hydrogen-bond donors (Lipinski definition) is 2. The number of amides is 1. The Labute approximate surface area is 179 Å². The van der Waals surface area contributed by atoms with E-state index in [9.17, 15) is 9.90 Å². The molecule has 0 aliphatic carbocycles. The van der Waals surface area contributed by atoms with E-state index >= 15 is 0 Å². The van der Waals surface area contributed by atoms with Gasteiger partial charge in [0.1, 0.15) is 5.75 Å². The molecule has 1 aliphatic rings. The Hall–Kier alpha value is -4.05. The summed E-state index contributed by atoms with van der Waals surface area (Å²) in [6, 6.07) is 25.6. The molecule has 0 unspecified atom stereocenters. The van der Waals surface area contributed by atoms with Gasteiger partial charge < -0.3 is 15.0 Å². The molecule has 1 aliphatic heterocycles. The predicted octanol–water partition coefficient (Wildman–Crippen LogP) is 6.16. The zero-order valence-electron chi connectivity index (χ0n) is 17.0. The van der Waals surface area contributed by atoms with Gasteiger partial charge in [-0.2, -0.15) is 0 Å². The molecular weight excluding hydrogens is 384 g/mol. The lowest BCUT2D eigenvalue weighted by Gasteiger charge is -2.21. The van der Waals surface area contributed by atoms with Crippen LogP contribution < -0.4 is 4.90 Å². The molecule has 31 heavy (non-hydrogen) atoms. The fraction of sp³-hybridized carbons (Fsp3) is 0.0741. The summed E-state index contributed by atoms with van der Waals surface area (Å²) in [7, 11) is 0. The Bertz CT molecular complexity index is 1510. The molecule has 2 N–H and O–H groups in total. The van der Waals surface area contributed by atoms with E-state index in [-0.39, 0.29) is 11.7 Å². The molecule has 5 aromatic rings. The van der Waals surface area contributed by atoms with Crippen molar-refractivity contribution in [2.24, 2.45) is 0 Å². The van der Waals surface area contributed by atoms with Crippen LogP contribution in [-0.2, 0) is 6.54 Å². The quantitative estimate of drug-likeness (QED) is 0.370. The van der Waals surface area contributed by atoms with Gasteiger partial charge in [0.05, 0.1) is 12.1 Å². The second-order valence-corrected chi connectivity index (χ2v) is 8.08. The molecular formula is C27H20N2O2. The van der Waals surface area contributed by atoms with Crippen molar-refractivity contribution in [2.75, 3.05) is 4.90 Å². The largest absolute Gasteiger partial charge is 0.508 e. The SMILES string of the molecule is Cc1c(-c2cccc3[nH]c4cc(O)ccc4c23)cccc1N1Cc2ccccc2C1=O. The van der Waals surface area contributed by atoms with Crippen LogP contribution in [-0.4, -0.2) is 16.0 Å². The van der Waals surface area contributed by atoms with Gasteiger partial charge >= 0.3 is 0 Å². The number of H-pyrrole nitrogens is 1. The minimum atomic E-state index is 0.0524. The lowest BCUT2D eigenvalue weighted by molar-refractivity contribution is 0.0996. The molecule has 2 heterocycles. The number of nitrogens with zero attached hydrogens (tertiary/aromatic N) is 1. The molecule has 150 valence electrons. The van der Waals surface area contributed by atoms with Crippen molar-refractivity contribution in [1.82, 2.24) is 4.98 Å². The highest BCUT2D eigenvalue weighted by atomic mass is 16.3. The van der Waals surface area contributed by atoms with Crippen LogP contribution in [0, 0.1) is 6.92 Å². The third-order valence-corrected chi connectivity index (χ3v) is 6.31. The molecule has 0 atom stereocenters. The van der Waals surface area contributed by atoms with Gasteiger partial charge in [0.15, 0.2) is 0 Å². The normalized spacial score (nSPS) is 13.3. The maximum absolute atomic E-state index is 13.1. The summed E-state index contributed by atoms with van der Waals surface area (Å²) in [6.45, 7) is 2.68. The van der Waals surface area contributed by atoms with Crippen molar-refractivity contribution in [3.63, 3.8) is 0 Å². The summed E-state index contributed by atoms with van der Waals surface area (Å²) in [6.07, 6.45) is 0. The molecule has 0 spiro atoms. The lowest BCUT2D eigenvalue weighted by Crippen LogP contribution is -2.24. The van der Waals surface area contributed by atoms with Crippen LogP contribution in [0.2, 0.25) is 0 Å². The Kier molecular flexibility index (Phi) is 3.71. The second-order valence-electron chi connectivity index (χ2n) is 8.08. The van der Waals surface area contributed by atoms with Crippen LogP contribution in [0.4, 0.5) is 5.69 Å². The first kappa shape index (κ1) is 17.8. The van der Waals surface area contributed by atoms with Crippen LogP contribution in [0.25, 0.3) is 32.9 Å². The third kappa shape index (κ3) is 2.58. The van der Waals surface area contributed by atoms with Crippen LogP contribution in [0.1, 0.15) is 21.5 Å². The van der Waals surface area contributed by atoms with Crippen LogP contribution >= 0.6 is 0 Å². The Morgan fingerprint density at radius 3 is 2.48 bits per heavy atom. The van der Waals surface area contributed by atoms with E-state index in [1.807, 2.05) is 53.4 Å². The molecule has 0 radical (unpaired) electrons. The van der Waals surface area contributed by atoms with Gasteiger partial charge in [0.25, 0.3) is 5.91 Å². The number of aromatic nitrogens is 1. The van der Waals surface area contributed by atoms with E-state index in [4.69, 9.17) is 0 Å². The van der Waals surface area contributed by atoms with E-state index < -0.39 is 0 Å². The molecule has 4 aromatic carbocycles. The smallest absolute Gasteiger partial charge is 0.258 e. The molecule has 0 fully saturated rings. The van der Waals surface area contributed by atoms with Crippen molar-refractivity contribution >= 4 is 33.4 Å². The minimum Gasteiger partial charge on any atom is -0.508 e. The average molecular weight is 404 g/mol. The van der Waals surface area contributed by atoms with Crippen molar-refractivity contribution in [3.8, 4) is 16.9 Å². The monoisotopic (exact) mass is 404 g/mol. The zero-order chi connectivity index (χ0) is 21.1. The first-order chi connectivity index (χ1) is 15.1. The van der Waals surface area contributed by atoms with Gasteiger partial charge in [-0.25, -0.2) is 0 Å². The Balaban J connectivity index is 1.54. The van der Waals surface area contributed by atoms with E-state index in [0.29, 0.717) is 6.54 Å². The topological polar surface area (TPSA) is 56.3 Å². The average Bonchev–Trinajstić information content (AvgIpc) is 3.31. The minimum absolute atomic E-state index is 0.0524. The molecule has 0 saturated heterocycles. The van der Waals surface area contributed by atoms with Crippen molar-refractivity contribution in [2.45, 2.75) is 13.5 Å². The fourth-order valence-electron chi connectivity index (χ4n) is 4.83. The summed E-state index contributed by atoms with van der Waals surface area (Å²) in [5.74, 6) is 0.294. The van der Waals surface area contributed by atoms with Gasteiger partial charge in [-0.15, -0.1) is 0 Å². The van der Waals surface area contributed by atoms with Crippen molar-refractivity contribution < 1.29 is 9.90 Å². The number of rotatable bonds is 2. The van der Waals surface area contributed by atoms with Gasteiger partial charge in [-0.05, 0) is 59.5 Å². The first-order valence-corrected chi connectivity index (χ1v) is 10.3. The number of fused-ring (bicyclic) bond motifs is 4. The fourth-order valence-corrected chi connectivity index (χ4v) is 4.83.